The summed E-state index contributed by atoms with van der Waals surface area (Å²) in [7, 11) is 0. The van der Waals surface area contributed by atoms with Crippen LogP contribution in [0.2, 0.25) is 0 Å². The van der Waals surface area contributed by atoms with Gasteiger partial charge in [-0.3, -0.25) is 0 Å². The summed E-state index contributed by atoms with van der Waals surface area (Å²) in [6.07, 6.45) is 0.569. The second kappa shape index (κ2) is 8.23. The number of aliphatic hydroxyl groups is 1. The highest BCUT2D eigenvalue weighted by Crippen LogP contribution is 2.36. The minimum absolute atomic E-state index is 0.0327. The predicted molar refractivity (Wildman–Crippen MR) is 96.3 cm³/mol. The largest absolute Gasteiger partial charge is 0.395 e. The van der Waals surface area contributed by atoms with Gasteiger partial charge in [0, 0.05) is 27.9 Å². The Morgan fingerprint density at radius 2 is 1.88 bits per heavy atom. The van der Waals surface area contributed by atoms with Crippen LogP contribution in [0, 0.1) is 13.8 Å². The number of hydrogen-bond donors (Lipinski definition) is 2. The number of aryl methyl sites for hydroxylation is 2. The lowest BCUT2D eigenvalue weighted by Gasteiger charge is -2.18. The Morgan fingerprint density at radius 3 is 2.54 bits per heavy atom. The topological polar surface area (TPSA) is 50.7 Å². The first-order chi connectivity index (χ1) is 11.7. The average molecular weight is 347 g/mol. The van der Waals surface area contributed by atoms with Gasteiger partial charge in [0.25, 0.3) is 0 Å². The summed E-state index contributed by atoms with van der Waals surface area (Å²) in [6.45, 7) is 6.39. The molecule has 5 heteroatoms. The molecule has 130 valence electrons. The molecule has 24 heavy (non-hydrogen) atoms. The van der Waals surface area contributed by atoms with Gasteiger partial charge in [-0.25, -0.2) is 0 Å². The van der Waals surface area contributed by atoms with E-state index in [9.17, 15) is 5.11 Å². The predicted octanol–water partition coefficient (Wildman–Crippen LogP) is 3.10. The molecule has 1 aliphatic rings. The maximum atomic E-state index is 9.71. The number of aliphatic hydroxyl groups excluding tert-OH is 1. The maximum absolute atomic E-state index is 9.71. The fraction of sp³-hybridized carbons (Fsp3) is 0.474. The lowest BCUT2D eigenvalue weighted by Crippen LogP contribution is -2.34. The van der Waals surface area contributed by atoms with Crippen molar-refractivity contribution in [3.63, 3.8) is 0 Å². The maximum Gasteiger partial charge on any atom is 0.185 e. The van der Waals surface area contributed by atoms with Crippen molar-refractivity contribution in [3.05, 3.63) is 56.8 Å². The second-order valence-corrected chi connectivity index (χ2v) is 7.56. The molecule has 1 fully saturated rings. The van der Waals surface area contributed by atoms with E-state index >= 15 is 0 Å². The van der Waals surface area contributed by atoms with Crippen molar-refractivity contribution in [2.75, 3.05) is 19.8 Å². The highest BCUT2D eigenvalue weighted by molar-refractivity contribution is 7.12. The zero-order valence-electron chi connectivity index (χ0n) is 14.2. The Labute approximate surface area is 147 Å². The molecule has 2 aromatic rings. The van der Waals surface area contributed by atoms with Crippen LogP contribution in [0.15, 0.2) is 30.3 Å². The number of benzene rings is 1. The first-order valence-electron chi connectivity index (χ1n) is 8.39. The molecule has 1 saturated heterocycles. The molecule has 2 heterocycles. The van der Waals surface area contributed by atoms with Crippen molar-refractivity contribution in [2.45, 2.75) is 39.1 Å². The van der Waals surface area contributed by atoms with Gasteiger partial charge in [0.1, 0.15) is 0 Å². The zero-order valence-corrected chi connectivity index (χ0v) is 15.1. The first kappa shape index (κ1) is 17.6. The first-order valence-corrected chi connectivity index (χ1v) is 9.20. The highest BCUT2D eigenvalue weighted by Gasteiger charge is 2.26. The van der Waals surface area contributed by atoms with E-state index in [1.807, 2.05) is 18.2 Å². The Bertz CT molecular complexity index is 650. The van der Waals surface area contributed by atoms with E-state index < -0.39 is 0 Å². The molecule has 0 spiro atoms. The van der Waals surface area contributed by atoms with E-state index in [2.05, 4.69) is 31.3 Å². The summed E-state index contributed by atoms with van der Waals surface area (Å²) in [6, 6.07) is 10.3. The Hall–Kier alpha value is -1.24. The third-order valence-corrected chi connectivity index (χ3v) is 5.48. The molecular weight excluding hydrogens is 322 g/mol. The number of hydrogen-bond acceptors (Lipinski definition) is 5. The fourth-order valence-electron chi connectivity index (χ4n) is 3.15. The van der Waals surface area contributed by atoms with Crippen LogP contribution in [-0.2, 0) is 22.4 Å². The van der Waals surface area contributed by atoms with E-state index in [0.717, 1.165) is 6.42 Å². The van der Waals surface area contributed by atoms with Crippen molar-refractivity contribution in [3.8, 4) is 0 Å². The number of nitrogens with one attached hydrogen (secondary N) is 1. The van der Waals surface area contributed by atoms with Crippen molar-refractivity contribution in [1.29, 1.82) is 0 Å². The van der Waals surface area contributed by atoms with Gasteiger partial charge in [-0.1, -0.05) is 30.3 Å². The van der Waals surface area contributed by atoms with Crippen molar-refractivity contribution in [2.24, 2.45) is 0 Å². The van der Waals surface area contributed by atoms with Gasteiger partial charge >= 0.3 is 0 Å². The lowest BCUT2D eigenvalue weighted by molar-refractivity contribution is -0.0448. The van der Waals surface area contributed by atoms with Crippen LogP contribution < -0.4 is 5.32 Å². The lowest BCUT2D eigenvalue weighted by atomic mass is 10.0. The van der Waals surface area contributed by atoms with E-state index in [1.165, 1.54) is 26.4 Å². The molecule has 1 aromatic carbocycles. The minimum Gasteiger partial charge on any atom is -0.395 e. The third kappa shape index (κ3) is 4.05. The van der Waals surface area contributed by atoms with E-state index in [4.69, 9.17) is 9.47 Å². The monoisotopic (exact) mass is 347 g/mol. The molecule has 0 bridgehead atoms. The van der Waals surface area contributed by atoms with Crippen molar-refractivity contribution in [1.82, 2.24) is 5.32 Å². The third-order valence-electron chi connectivity index (χ3n) is 4.41. The van der Waals surface area contributed by atoms with E-state index in [1.54, 1.807) is 11.3 Å². The zero-order chi connectivity index (χ0) is 16.9. The van der Waals surface area contributed by atoms with Gasteiger partial charge in [-0.2, -0.15) is 0 Å². The Morgan fingerprint density at radius 1 is 1.17 bits per heavy atom. The molecule has 3 rings (SSSR count). The normalized spacial score (nSPS) is 16.6. The summed E-state index contributed by atoms with van der Waals surface area (Å²) in [5, 5.41) is 13.2. The van der Waals surface area contributed by atoms with Gasteiger partial charge < -0.3 is 19.9 Å². The van der Waals surface area contributed by atoms with Crippen LogP contribution in [0.5, 0.6) is 0 Å². The van der Waals surface area contributed by atoms with Crippen LogP contribution in [0.1, 0.15) is 32.7 Å². The Balaban J connectivity index is 1.69. The highest BCUT2D eigenvalue weighted by atomic mass is 32.1. The van der Waals surface area contributed by atoms with Crippen LogP contribution in [0.3, 0.4) is 0 Å². The molecule has 1 aliphatic heterocycles. The van der Waals surface area contributed by atoms with Gasteiger partial charge in [-0.05, 0) is 31.4 Å². The summed E-state index contributed by atoms with van der Waals surface area (Å²) in [4.78, 5) is 2.53. The molecule has 1 atom stereocenters. The quantitative estimate of drug-likeness (QED) is 0.808. The fourth-order valence-corrected chi connectivity index (χ4v) is 4.24. The standard InChI is InChI=1S/C19H25NO3S/c1-13-17(18(14(2)24-13)19-22-8-9-23-19)11-20-16(12-21)10-15-6-4-3-5-7-15/h3-7,16,19-21H,8-12H2,1-2H3/t16-/m0/s1. The van der Waals surface area contributed by atoms with Crippen molar-refractivity contribution >= 4 is 11.3 Å². The van der Waals surface area contributed by atoms with Crippen LogP contribution in [-0.4, -0.2) is 31.0 Å². The molecule has 0 amide bonds. The van der Waals surface area contributed by atoms with Gasteiger partial charge in [0.15, 0.2) is 6.29 Å². The number of rotatable bonds is 7. The SMILES string of the molecule is Cc1sc(C)c(C2OCCO2)c1CN[C@H](CO)Cc1ccccc1. The van der Waals surface area contributed by atoms with Gasteiger partial charge in [-0.15, -0.1) is 11.3 Å². The number of ether oxygens (including phenoxy) is 2. The molecule has 2 N–H and O–H groups in total. The molecule has 1 aromatic heterocycles. The van der Waals surface area contributed by atoms with Gasteiger partial charge in [0.05, 0.1) is 19.8 Å². The molecule has 0 aliphatic carbocycles. The van der Waals surface area contributed by atoms with E-state index in [0.29, 0.717) is 19.8 Å². The Kier molecular flexibility index (Phi) is 6.03. The molecule has 0 saturated carbocycles. The van der Waals surface area contributed by atoms with Crippen LogP contribution in [0.4, 0.5) is 0 Å². The smallest absolute Gasteiger partial charge is 0.185 e. The number of thiophene rings is 1. The minimum atomic E-state index is -0.242. The summed E-state index contributed by atoms with van der Waals surface area (Å²) >= 11 is 1.78. The molecular formula is C19H25NO3S. The van der Waals surface area contributed by atoms with Crippen molar-refractivity contribution < 1.29 is 14.6 Å². The van der Waals surface area contributed by atoms with Crippen LogP contribution in [0.25, 0.3) is 0 Å². The molecule has 4 nitrogen and oxygen atoms in total. The van der Waals surface area contributed by atoms with Crippen LogP contribution >= 0.6 is 11.3 Å². The molecule has 0 unspecified atom stereocenters. The van der Waals surface area contributed by atoms with E-state index in [-0.39, 0.29) is 18.9 Å². The summed E-state index contributed by atoms with van der Waals surface area (Å²) < 4.78 is 11.4. The van der Waals surface area contributed by atoms with Gasteiger partial charge in [0.2, 0.25) is 0 Å². The summed E-state index contributed by atoms with van der Waals surface area (Å²) in [5.74, 6) is 0. The average Bonchev–Trinajstić information content (AvgIpc) is 3.20. The summed E-state index contributed by atoms with van der Waals surface area (Å²) in [5.41, 5.74) is 3.64. The second-order valence-electron chi connectivity index (χ2n) is 6.13. The molecule has 0 radical (unpaired) electrons.